The van der Waals surface area contributed by atoms with Crippen molar-refractivity contribution in [2.24, 2.45) is 0 Å². The Bertz CT molecular complexity index is 2100. The van der Waals surface area contributed by atoms with Gasteiger partial charge in [0.05, 0.1) is 33.8 Å². The van der Waals surface area contributed by atoms with Gasteiger partial charge in [-0.2, -0.15) is 0 Å². The highest BCUT2D eigenvalue weighted by molar-refractivity contribution is 7.25. The summed E-state index contributed by atoms with van der Waals surface area (Å²) in [5.41, 5.74) is 7.06. The Kier molecular flexibility index (Phi) is 4.07. The van der Waals surface area contributed by atoms with Crippen LogP contribution in [0.5, 0.6) is 0 Å². The van der Waals surface area contributed by atoms with E-state index in [4.69, 9.17) is 15.0 Å². The summed E-state index contributed by atoms with van der Waals surface area (Å²) < 4.78 is 4.76. The lowest BCUT2D eigenvalue weighted by Crippen LogP contribution is -1.99. The molecule has 0 radical (unpaired) electrons. The molecule has 4 aromatic heterocycles. The van der Waals surface area contributed by atoms with Crippen molar-refractivity contribution in [3.05, 3.63) is 109 Å². The van der Waals surface area contributed by atoms with Crippen LogP contribution in [-0.4, -0.2) is 19.5 Å². The molecule has 8 aromatic rings. The monoisotopic (exact) mass is 478 g/mol. The Morgan fingerprint density at radius 2 is 1.36 bits per heavy atom. The molecule has 0 fully saturated rings. The molecule has 8 rings (SSSR count). The molecule has 0 aliphatic heterocycles. The van der Waals surface area contributed by atoms with Crippen LogP contribution in [0.4, 0.5) is 0 Å². The summed E-state index contributed by atoms with van der Waals surface area (Å²) in [7, 11) is 0. The normalized spacial score (nSPS) is 11.9. The molecule has 0 spiro atoms. The molecule has 36 heavy (non-hydrogen) atoms. The predicted molar refractivity (Wildman–Crippen MR) is 150 cm³/mol. The van der Waals surface area contributed by atoms with Crippen LogP contribution >= 0.6 is 11.3 Å². The summed E-state index contributed by atoms with van der Waals surface area (Å²) in [4.78, 5) is 14.7. The van der Waals surface area contributed by atoms with E-state index in [1.807, 2.05) is 54.1 Å². The summed E-state index contributed by atoms with van der Waals surface area (Å²) in [5, 5.41) is 3.67. The zero-order chi connectivity index (χ0) is 23.6. The third-order valence-electron chi connectivity index (χ3n) is 6.87. The van der Waals surface area contributed by atoms with Crippen molar-refractivity contribution in [3.8, 4) is 16.9 Å². The Hall–Kier alpha value is -4.61. The maximum absolute atomic E-state index is 5.02. The Balaban J connectivity index is 1.51. The molecular formula is C31H18N4S. The number of hydrogen-bond donors (Lipinski definition) is 0. The van der Waals surface area contributed by atoms with E-state index >= 15 is 0 Å². The number of para-hydroxylation sites is 2. The van der Waals surface area contributed by atoms with Crippen molar-refractivity contribution < 1.29 is 0 Å². The van der Waals surface area contributed by atoms with Crippen LogP contribution in [0.1, 0.15) is 0 Å². The molecular weight excluding hydrogens is 460 g/mol. The van der Waals surface area contributed by atoms with Gasteiger partial charge in [0.2, 0.25) is 0 Å². The number of rotatable bonds is 2. The third-order valence-corrected chi connectivity index (χ3v) is 8.01. The SMILES string of the molecule is c1ccc(-c2cnc3c4cc5c(cc4n(-c4cnc6ccccc6n4)c3c2)sc2ccccc25)cc1. The quantitative estimate of drug-likeness (QED) is 0.252. The number of pyridine rings is 1. The van der Waals surface area contributed by atoms with Crippen LogP contribution in [0.3, 0.4) is 0 Å². The van der Waals surface area contributed by atoms with Gasteiger partial charge in [-0.3, -0.25) is 14.5 Å². The zero-order valence-corrected chi connectivity index (χ0v) is 19.9. The number of fused-ring (bicyclic) bond motifs is 7. The van der Waals surface area contributed by atoms with E-state index in [1.165, 1.54) is 20.2 Å². The minimum absolute atomic E-state index is 0.793. The van der Waals surface area contributed by atoms with Gasteiger partial charge >= 0.3 is 0 Å². The van der Waals surface area contributed by atoms with E-state index in [0.29, 0.717) is 0 Å². The highest BCUT2D eigenvalue weighted by Gasteiger charge is 2.18. The molecule has 0 aliphatic rings. The van der Waals surface area contributed by atoms with E-state index in [0.717, 1.165) is 49.9 Å². The average molecular weight is 479 g/mol. The molecule has 168 valence electrons. The second-order valence-corrected chi connectivity index (χ2v) is 10.1. The molecule has 0 atom stereocenters. The van der Waals surface area contributed by atoms with Gasteiger partial charge in [-0.05, 0) is 42.0 Å². The minimum atomic E-state index is 0.793. The lowest BCUT2D eigenvalue weighted by Gasteiger charge is -2.08. The van der Waals surface area contributed by atoms with Gasteiger partial charge in [0.25, 0.3) is 0 Å². The lowest BCUT2D eigenvalue weighted by atomic mass is 10.1. The van der Waals surface area contributed by atoms with Crippen molar-refractivity contribution >= 4 is 64.5 Å². The molecule has 4 aromatic carbocycles. The van der Waals surface area contributed by atoms with Crippen molar-refractivity contribution in [3.63, 3.8) is 0 Å². The van der Waals surface area contributed by atoms with Crippen molar-refractivity contribution in [1.82, 2.24) is 19.5 Å². The van der Waals surface area contributed by atoms with Gasteiger partial charge in [-0.25, -0.2) is 4.98 Å². The van der Waals surface area contributed by atoms with E-state index in [9.17, 15) is 0 Å². The molecule has 0 saturated carbocycles. The first kappa shape index (κ1) is 19.7. The highest BCUT2D eigenvalue weighted by Crippen LogP contribution is 2.40. The average Bonchev–Trinajstić information content (AvgIpc) is 3.46. The minimum Gasteiger partial charge on any atom is -0.291 e. The standard InChI is InChI=1S/C31H18N4S/c1-2-8-19(9-3-1)20-14-27-31(33-17-20)23-15-22-21-10-4-7-13-28(21)36-29(22)16-26(23)35(27)30-18-32-24-11-5-6-12-25(24)34-30/h1-18H. The molecule has 0 aliphatic carbocycles. The summed E-state index contributed by atoms with van der Waals surface area (Å²) in [6.07, 6.45) is 3.84. The maximum Gasteiger partial charge on any atom is 0.156 e. The summed E-state index contributed by atoms with van der Waals surface area (Å²) in [6, 6.07) is 33.8. The molecule has 5 heteroatoms. The van der Waals surface area contributed by atoms with E-state index in [-0.39, 0.29) is 0 Å². The second kappa shape index (κ2) is 7.44. The fourth-order valence-electron chi connectivity index (χ4n) is 5.19. The van der Waals surface area contributed by atoms with Gasteiger partial charge in [0.1, 0.15) is 0 Å². The maximum atomic E-state index is 5.02. The number of thiophene rings is 1. The zero-order valence-electron chi connectivity index (χ0n) is 19.1. The van der Waals surface area contributed by atoms with Gasteiger partial charge in [0.15, 0.2) is 5.82 Å². The Labute approximate surface area is 210 Å². The lowest BCUT2D eigenvalue weighted by molar-refractivity contribution is 1.07. The summed E-state index contributed by atoms with van der Waals surface area (Å²) in [6.45, 7) is 0. The summed E-state index contributed by atoms with van der Waals surface area (Å²) in [5.74, 6) is 0.793. The molecule has 0 amide bonds. The van der Waals surface area contributed by atoms with Gasteiger partial charge < -0.3 is 0 Å². The van der Waals surface area contributed by atoms with Crippen LogP contribution in [0, 0.1) is 0 Å². The predicted octanol–water partition coefficient (Wildman–Crippen LogP) is 8.16. The van der Waals surface area contributed by atoms with Gasteiger partial charge in [-0.15, -0.1) is 11.3 Å². The topological polar surface area (TPSA) is 43.6 Å². The van der Waals surface area contributed by atoms with Crippen LogP contribution < -0.4 is 0 Å². The van der Waals surface area contributed by atoms with Crippen molar-refractivity contribution in [2.75, 3.05) is 0 Å². The van der Waals surface area contributed by atoms with Gasteiger partial charge in [0, 0.05) is 37.3 Å². The number of benzene rings is 4. The molecule has 0 N–H and O–H groups in total. The first-order valence-electron chi connectivity index (χ1n) is 11.9. The van der Waals surface area contributed by atoms with E-state index in [1.54, 1.807) is 0 Å². The van der Waals surface area contributed by atoms with Crippen LogP contribution in [0.15, 0.2) is 109 Å². The Morgan fingerprint density at radius 3 is 2.28 bits per heavy atom. The van der Waals surface area contributed by atoms with Crippen molar-refractivity contribution in [2.45, 2.75) is 0 Å². The van der Waals surface area contributed by atoms with Gasteiger partial charge in [-0.1, -0.05) is 60.7 Å². The van der Waals surface area contributed by atoms with Crippen LogP contribution in [0.2, 0.25) is 0 Å². The molecule has 4 heterocycles. The largest absolute Gasteiger partial charge is 0.291 e. The highest BCUT2D eigenvalue weighted by atomic mass is 32.1. The fourth-order valence-corrected chi connectivity index (χ4v) is 6.31. The smallest absolute Gasteiger partial charge is 0.156 e. The number of nitrogens with zero attached hydrogens (tertiary/aromatic N) is 4. The fraction of sp³-hybridized carbons (Fsp3) is 0. The first-order valence-corrected chi connectivity index (χ1v) is 12.7. The first-order chi connectivity index (χ1) is 17.8. The molecule has 4 nitrogen and oxygen atoms in total. The third kappa shape index (κ3) is 2.84. The van der Waals surface area contributed by atoms with Crippen LogP contribution in [0.25, 0.3) is 70.1 Å². The number of hydrogen-bond acceptors (Lipinski definition) is 4. The van der Waals surface area contributed by atoms with Crippen LogP contribution in [-0.2, 0) is 0 Å². The second-order valence-electron chi connectivity index (χ2n) is 8.97. The summed E-state index contributed by atoms with van der Waals surface area (Å²) >= 11 is 1.82. The van der Waals surface area contributed by atoms with E-state index < -0.39 is 0 Å². The van der Waals surface area contributed by atoms with Crippen molar-refractivity contribution in [1.29, 1.82) is 0 Å². The molecule has 0 unspecified atom stereocenters. The number of aromatic nitrogens is 4. The molecule has 0 saturated heterocycles. The molecule has 0 bridgehead atoms. The Morgan fingerprint density at radius 1 is 0.556 bits per heavy atom. The van der Waals surface area contributed by atoms with E-state index in [2.05, 4.69) is 71.3 Å².